The molecular weight excluding hydrogens is 382 g/mol. The second-order valence-electron chi connectivity index (χ2n) is 5.75. The predicted octanol–water partition coefficient (Wildman–Crippen LogP) is 4.72. The summed E-state index contributed by atoms with van der Waals surface area (Å²) in [7, 11) is 1.48. The molecule has 0 aliphatic rings. The normalized spacial score (nSPS) is 11.6. The average Bonchev–Trinajstić information content (AvgIpc) is 2.97. The van der Waals surface area contributed by atoms with E-state index in [-0.39, 0.29) is 5.75 Å². The Morgan fingerprint density at radius 2 is 2.00 bits per heavy atom. The number of aryl methyl sites for hydroxylation is 2. The summed E-state index contributed by atoms with van der Waals surface area (Å²) in [6.07, 6.45) is 1.70. The topological polar surface area (TPSA) is 81.9 Å². The number of benzene rings is 2. The molecule has 2 N–H and O–H groups in total. The van der Waals surface area contributed by atoms with E-state index >= 15 is 0 Å². The van der Waals surface area contributed by atoms with Gasteiger partial charge in [-0.15, -0.1) is 0 Å². The van der Waals surface area contributed by atoms with Crippen molar-refractivity contribution in [2.45, 2.75) is 13.8 Å². The molecule has 0 saturated heterocycles. The highest BCUT2D eigenvalue weighted by atomic mass is 79.9. The molecule has 3 rings (SSSR count). The predicted molar refractivity (Wildman–Crippen MR) is 101 cm³/mol. The van der Waals surface area contributed by atoms with Crippen molar-refractivity contribution in [1.29, 1.82) is 5.26 Å². The largest absolute Gasteiger partial charge is 0.504 e. The maximum atomic E-state index is 9.81. The van der Waals surface area contributed by atoms with Crippen molar-refractivity contribution < 1.29 is 9.84 Å². The third kappa shape index (κ3) is 3.24. The Bertz CT molecular complexity index is 1010. The quantitative estimate of drug-likeness (QED) is 0.626. The van der Waals surface area contributed by atoms with Crippen molar-refractivity contribution in [3.05, 3.63) is 51.3 Å². The van der Waals surface area contributed by atoms with Crippen molar-refractivity contribution in [1.82, 2.24) is 9.97 Å². The summed E-state index contributed by atoms with van der Waals surface area (Å²) in [4.78, 5) is 7.73. The van der Waals surface area contributed by atoms with Gasteiger partial charge in [0.2, 0.25) is 0 Å². The van der Waals surface area contributed by atoms with Gasteiger partial charge < -0.3 is 14.8 Å². The van der Waals surface area contributed by atoms with E-state index in [0.717, 1.165) is 22.2 Å². The molecule has 0 spiro atoms. The maximum Gasteiger partial charge on any atom is 0.161 e. The van der Waals surface area contributed by atoms with Gasteiger partial charge in [0, 0.05) is 4.47 Å². The molecule has 0 atom stereocenters. The lowest BCUT2D eigenvalue weighted by Crippen LogP contribution is -1.88. The zero-order chi connectivity index (χ0) is 18.1. The molecular formula is C19H16BrN3O2. The molecule has 2 aromatic carbocycles. The van der Waals surface area contributed by atoms with Gasteiger partial charge in [0.15, 0.2) is 11.5 Å². The van der Waals surface area contributed by atoms with Gasteiger partial charge in [-0.1, -0.05) is 15.9 Å². The third-order valence-corrected chi connectivity index (χ3v) is 4.76. The lowest BCUT2D eigenvalue weighted by molar-refractivity contribution is 0.373. The number of nitriles is 1. The van der Waals surface area contributed by atoms with Gasteiger partial charge in [-0.2, -0.15) is 5.26 Å². The SMILES string of the molecule is COc1cc(C=C(C#N)c2nc3cc(C)c(C)cc3[nH]2)c(Br)cc1O. The lowest BCUT2D eigenvalue weighted by atomic mass is 10.1. The number of allylic oxidation sites excluding steroid dienone is 1. The number of halogens is 1. The molecule has 0 saturated carbocycles. The number of aromatic hydroxyl groups is 1. The summed E-state index contributed by atoms with van der Waals surface area (Å²) >= 11 is 3.39. The highest BCUT2D eigenvalue weighted by Gasteiger charge is 2.12. The summed E-state index contributed by atoms with van der Waals surface area (Å²) in [5.74, 6) is 0.865. The number of ether oxygens (including phenoxy) is 1. The van der Waals surface area contributed by atoms with Crippen LogP contribution in [0.15, 0.2) is 28.7 Å². The number of aromatic nitrogens is 2. The van der Waals surface area contributed by atoms with Crippen molar-refractivity contribution in [3.63, 3.8) is 0 Å². The fourth-order valence-corrected chi connectivity index (χ4v) is 2.98. The van der Waals surface area contributed by atoms with E-state index in [0.29, 0.717) is 27.2 Å². The zero-order valence-electron chi connectivity index (χ0n) is 14.0. The molecule has 1 heterocycles. The highest BCUT2D eigenvalue weighted by molar-refractivity contribution is 9.10. The monoisotopic (exact) mass is 397 g/mol. The van der Waals surface area contributed by atoms with Gasteiger partial charge in [-0.3, -0.25) is 0 Å². The molecule has 0 aliphatic heterocycles. The van der Waals surface area contributed by atoms with Crippen LogP contribution in [0.3, 0.4) is 0 Å². The number of fused-ring (bicyclic) bond motifs is 1. The summed E-state index contributed by atoms with van der Waals surface area (Å²) in [5, 5.41) is 19.4. The van der Waals surface area contributed by atoms with E-state index in [1.807, 2.05) is 26.0 Å². The van der Waals surface area contributed by atoms with Crippen LogP contribution in [0, 0.1) is 25.2 Å². The van der Waals surface area contributed by atoms with Crippen molar-refractivity contribution in [3.8, 4) is 17.6 Å². The summed E-state index contributed by atoms with van der Waals surface area (Å²) < 4.78 is 5.78. The van der Waals surface area contributed by atoms with E-state index in [2.05, 4.69) is 32.0 Å². The van der Waals surface area contributed by atoms with Crippen molar-refractivity contribution in [2.24, 2.45) is 0 Å². The van der Waals surface area contributed by atoms with Crippen LogP contribution in [-0.2, 0) is 0 Å². The van der Waals surface area contributed by atoms with E-state index < -0.39 is 0 Å². The van der Waals surface area contributed by atoms with Gasteiger partial charge in [0.1, 0.15) is 11.9 Å². The molecule has 1 aromatic heterocycles. The van der Waals surface area contributed by atoms with Crippen LogP contribution in [0.5, 0.6) is 11.5 Å². The van der Waals surface area contributed by atoms with Crippen LogP contribution in [-0.4, -0.2) is 22.2 Å². The summed E-state index contributed by atoms with van der Waals surface area (Å²) in [5.41, 5.74) is 5.12. The number of hydrogen-bond acceptors (Lipinski definition) is 4. The van der Waals surface area contributed by atoms with Crippen LogP contribution < -0.4 is 4.74 Å². The number of aromatic amines is 1. The summed E-state index contributed by atoms with van der Waals surface area (Å²) in [6.45, 7) is 4.07. The molecule has 0 bridgehead atoms. The second kappa shape index (κ2) is 6.61. The smallest absolute Gasteiger partial charge is 0.161 e. The maximum absolute atomic E-state index is 9.81. The van der Waals surface area contributed by atoms with Crippen LogP contribution in [0.4, 0.5) is 0 Å². The minimum absolute atomic E-state index is 0.0275. The zero-order valence-corrected chi connectivity index (χ0v) is 15.6. The molecule has 25 heavy (non-hydrogen) atoms. The van der Waals surface area contributed by atoms with Crippen LogP contribution in [0.1, 0.15) is 22.5 Å². The Balaban J connectivity index is 2.12. The second-order valence-corrected chi connectivity index (χ2v) is 6.61. The fraction of sp³-hybridized carbons (Fsp3) is 0.158. The van der Waals surface area contributed by atoms with Gasteiger partial charge in [-0.05, 0) is 60.9 Å². The number of H-pyrrole nitrogens is 1. The van der Waals surface area contributed by atoms with Gasteiger partial charge in [0.25, 0.3) is 0 Å². The Labute approximate surface area is 153 Å². The summed E-state index contributed by atoms with van der Waals surface area (Å²) in [6, 6.07) is 9.40. The number of phenolic OH excluding ortho intramolecular Hbond substituents is 1. The first-order valence-corrected chi connectivity index (χ1v) is 8.38. The first kappa shape index (κ1) is 17.1. The number of methoxy groups -OCH3 is 1. The molecule has 3 aromatic rings. The molecule has 126 valence electrons. The van der Waals surface area contributed by atoms with Crippen molar-refractivity contribution in [2.75, 3.05) is 7.11 Å². The van der Waals surface area contributed by atoms with Gasteiger partial charge in [0.05, 0.1) is 23.7 Å². The average molecular weight is 398 g/mol. The molecule has 5 nitrogen and oxygen atoms in total. The Morgan fingerprint density at radius 3 is 2.68 bits per heavy atom. The van der Waals surface area contributed by atoms with Crippen LogP contribution in [0.2, 0.25) is 0 Å². The van der Waals surface area contributed by atoms with Gasteiger partial charge >= 0.3 is 0 Å². The van der Waals surface area contributed by atoms with Crippen LogP contribution >= 0.6 is 15.9 Å². The minimum Gasteiger partial charge on any atom is -0.504 e. The van der Waals surface area contributed by atoms with Gasteiger partial charge in [-0.25, -0.2) is 4.98 Å². The Morgan fingerprint density at radius 1 is 1.28 bits per heavy atom. The molecule has 0 radical (unpaired) electrons. The number of rotatable bonds is 3. The number of imidazole rings is 1. The standard InChI is InChI=1S/C19H16BrN3O2/c1-10-4-15-16(5-11(10)2)23-19(22-15)13(9-21)6-12-7-18(25-3)17(24)8-14(12)20/h4-8,24H,1-3H3,(H,22,23). The van der Waals surface area contributed by atoms with E-state index in [1.165, 1.54) is 13.2 Å². The number of nitrogens with one attached hydrogen (secondary N) is 1. The molecule has 0 unspecified atom stereocenters. The molecule has 0 amide bonds. The lowest BCUT2D eigenvalue weighted by Gasteiger charge is -2.06. The molecule has 0 fully saturated rings. The minimum atomic E-state index is 0.0275. The Kier molecular flexibility index (Phi) is 4.51. The first-order valence-electron chi connectivity index (χ1n) is 7.58. The number of phenols is 1. The Hall–Kier alpha value is -2.78. The highest BCUT2D eigenvalue weighted by Crippen LogP contribution is 2.34. The number of hydrogen-bond donors (Lipinski definition) is 2. The van der Waals surface area contributed by atoms with Crippen LogP contribution in [0.25, 0.3) is 22.7 Å². The van der Waals surface area contributed by atoms with E-state index in [4.69, 9.17) is 4.74 Å². The van der Waals surface area contributed by atoms with E-state index in [1.54, 1.807) is 12.1 Å². The third-order valence-electron chi connectivity index (χ3n) is 4.07. The number of nitrogens with zero attached hydrogens (tertiary/aromatic N) is 2. The van der Waals surface area contributed by atoms with Crippen molar-refractivity contribution >= 4 is 38.6 Å². The first-order chi connectivity index (χ1) is 11.9. The molecule has 0 aliphatic carbocycles. The van der Waals surface area contributed by atoms with E-state index in [9.17, 15) is 10.4 Å². The molecule has 6 heteroatoms. The fourth-order valence-electron chi connectivity index (χ4n) is 2.54.